The van der Waals surface area contributed by atoms with Gasteiger partial charge in [-0.25, -0.2) is 0 Å². The van der Waals surface area contributed by atoms with Gasteiger partial charge in [-0.15, -0.1) is 0 Å². The first-order valence-electron chi connectivity index (χ1n) is 16.3. The lowest BCUT2D eigenvalue weighted by Gasteiger charge is -2.18. The minimum atomic E-state index is 1.16. The molecule has 1 nitrogen and oxygen atoms in total. The molecule has 0 aliphatic rings. The lowest BCUT2D eigenvalue weighted by molar-refractivity contribution is 1.55. The van der Waals surface area contributed by atoms with E-state index >= 15 is 0 Å². The summed E-state index contributed by atoms with van der Waals surface area (Å²) in [4.78, 5) is 3.75. The molecule has 0 saturated heterocycles. The third-order valence-corrected chi connectivity index (χ3v) is 9.92. The van der Waals surface area contributed by atoms with Crippen molar-refractivity contribution >= 4 is 64.9 Å². The summed E-state index contributed by atoms with van der Waals surface area (Å²) >= 11 is 0. The quantitative estimate of drug-likeness (QED) is 0.196. The molecule has 1 heterocycles. The third kappa shape index (κ3) is 4.10. The average molecular weight is 596 g/mol. The normalized spacial score (nSPS) is 11.8. The van der Waals surface area contributed by atoms with Gasteiger partial charge in [0.2, 0.25) is 0 Å². The highest BCUT2D eigenvalue weighted by atomic mass is 14.7. The molecular weight excluding hydrogens is 567 g/mol. The molecular formula is C46H29N. The minimum absolute atomic E-state index is 1.16. The number of H-pyrrole nitrogens is 1. The van der Waals surface area contributed by atoms with Crippen LogP contribution in [-0.4, -0.2) is 4.98 Å². The van der Waals surface area contributed by atoms with Gasteiger partial charge in [0, 0.05) is 21.8 Å². The van der Waals surface area contributed by atoms with Crippen molar-refractivity contribution in [2.75, 3.05) is 0 Å². The summed E-state index contributed by atoms with van der Waals surface area (Å²) in [6, 6.07) is 62.3. The SMILES string of the molecule is c1cc(-c2ccc3ccccc3c2)cc(-c2c3ccccc3c(-c3ccc4c(c3)[nH]c3cc5ccccc5cc34)c3ccccc23)c1. The predicted molar refractivity (Wildman–Crippen MR) is 202 cm³/mol. The Morgan fingerprint density at radius 2 is 0.745 bits per heavy atom. The van der Waals surface area contributed by atoms with Crippen LogP contribution >= 0.6 is 0 Å². The van der Waals surface area contributed by atoms with E-state index in [0.29, 0.717) is 0 Å². The van der Waals surface area contributed by atoms with E-state index in [9.17, 15) is 0 Å². The minimum Gasteiger partial charge on any atom is -0.354 e. The average Bonchev–Trinajstić information content (AvgIpc) is 3.49. The van der Waals surface area contributed by atoms with Gasteiger partial charge in [-0.05, 0) is 107 Å². The molecule has 0 aliphatic carbocycles. The monoisotopic (exact) mass is 595 g/mol. The number of aromatic nitrogens is 1. The van der Waals surface area contributed by atoms with Crippen LogP contribution in [0.4, 0.5) is 0 Å². The lowest BCUT2D eigenvalue weighted by atomic mass is 9.85. The molecule has 0 unspecified atom stereocenters. The summed E-state index contributed by atoms with van der Waals surface area (Å²) in [5.74, 6) is 0. The van der Waals surface area contributed by atoms with Gasteiger partial charge in [-0.3, -0.25) is 0 Å². The molecule has 0 bridgehead atoms. The van der Waals surface area contributed by atoms with Crippen LogP contribution in [0.5, 0.6) is 0 Å². The second-order valence-corrected chi connectivity index (χ2v) is 12.6. The Balaban J connectivity index is 1.19. The summed E-state index contributed by atoms with van der Waals surface area (Å²) in [7, 11) is 0. The van der Waals surface area contributed by atoms with Gasteiger partial charge in [0.1, 0.15) is 0 Å². The molecule has 0 fully saturated rings. The second kappa shape index (κ2) is 10.2. The zero-order chi connectivity index (χ0) is 30.9. The molecule has 9 aromatic carbocycles. The molecule has 0 amide bonds. The van der Waals surface area contributed by atoms with Crippen LogP contribution in [0.2, 0.25) is 0 Å². The number of aromatic amines is 1. The maximum absolute atomic E-state index is 3.75. The van der Waals surface area contributed by atoms with Crippen molar-refractivity contribution in [3.63, 3.8) is 0 Å². The Kier molecular flexibility index (Phi) is 5.64. The highest BCUT2D eigenvalue weighted by Crippen LogP contribution is 2.45. The van der Waals surface area contributed by atoms with Crippen molar-refractivity contribution in [2.45, 2.75) is 0 Å². The summed E-state index contributed by atoms with van der Waals surface area (Å²) in [6.07, 6.45) is 0. The van der Waals surface area contributed by atoms with E-state index < -0.39 is 0 Å². The van der Waals surface area contributed by atoms with E-state index in [4.69, 9.17) is 0 Å². The third-order valence-electron chi connectivity index (χ3n) is 9.92. The van der Waals surface area contributed by atoms with E-state index in [2.05, 4.69) is 175 Å². The number of rotatable bonds is 3. The van der Waals surface area contributed by atoms with Crippen LogP contribution in [0.1, 0.15) is 0 Å². The first-order chi connectivity index (χ1) is 23.3. The van der Waals surface area contributed by atoms with Gasteiger partial charge in [0.15, 0.2) is 0 Å². The van der Waals surface area contributed by atoms with Gasteiger partial charge in [0.25, 0.3) is 0 Å². The molecule has 0 saturated carbocycles. The molecule has 10 aromatic rings. The maximum atomic E-state index is 3.75. The van der Waals surface area contributed by atoms with Gasteiger partial charge in [-0.2, -0.15) is 0 Å². The van der Waals surface area contributed by atoms with Crippen LogP contribution in [0.3, 0.4) is 0 Å². The second-order valence-electron chi connectivity index (χ2n) is 12.6. The molecule has 0 aliphatic heterocycles. The maximum Gasteiger partial charge on any atom is 0.0471 e. The fourth-order valence-electron chi connectivity index (χ4n) is 7.72. The van der Waals surface area contributed by atoms with Crippen LogP contribution in [0.25, 0.3) is 98.3 Å². The molecule has 1 aromatic heterocycles. The van der Waals surface area contributed by atoms with E-state index in [1.165, 1.54) is 92.8 Å². The van der Waals surface area contributed by atoms with Gasteiger partial charge < -0.3 is 4.98 Å². The molecule has 1 N–H and O–H groups in total. The van der Waals surface area contributed by atoms with Crippen molar-refractivity contribution in [1.82, 2.24) is 4.98 Å². The van der Waals surface area contributed by atoms with Crippen molar-refractivity contribution in [2.24, 2.45) is 0 Å². The summed E-state index contributed by atoms with van der Waals surface area (Å²) in [5, 5.41) is 12.6. The van der Waals surface area contributed by atoms with Crippen LogP contribution in [0.15, 0.2) is 170 Å². The van der Waals surface area contributed by atoms with Crippen molar-refractivity contribution in [1.29, 1.82) is 0 Å². The summed E-state index contributed by atoms with van der Waals surface area (Å²) in [5.41, 5.74) is 9.79. The fraction of sp³-hybridized carbons (Fsp3) is 0. The highest BCUT2D eigenvalue weighted by Gasteiger charge is 2.18. The number of hydrogen-bond acceptors (Lipinski definition) is 0. The Labute approximate surface area is 272 Å². The highest BCUT2D eigenvalue weighted by molar-refractivity contribution is 6.22. The summed E-state index contributed by atoms with van der Waals surface area (Å²) < 4.78 is 0. The molecule has 47 heavy (non-hydrogen) atoms. The number of fused-ring (bicyclic) bond motifs is 7. The van der Waals surface area contributed by atoms with Gasteiger partial charge >= 0.3 is 0 Å². The topological polar surface area (TPSA) is 15.8 Å². The molecule has 0 atom stereocenters. The van der Waals surface area contributed by atoms with Gasteiger partial charge in [0.05, 0.1) is 0 Å². The van der Waals surface area contributed by atoms with E-state index in [-0.39, 0.29) is 0 Å². The predicted octanol–water partition coefficient (Wildman–Crippen LogP) is 12.9. The fourth-order valence-corrected chi connectivity index (χ4v) is 7.72. The zero-order valence-corrected chi connectivity index (χ0v) is 25.7. The Morgan fingerprint density at radius 3 is 1.43 bits per heavy atom. The van der Waals surface area contributed by atoms with Gasteiger partial charge in [-0.1, -0.05) is 140 Å². The first kappa shape index (κ1) is 26.1. The molecule has 0 spiro atoms. The van der Waals surface area contributed by atoms with Crippen LogP contribution in [0, 0.1) is 0 Å². The zero-order valence-electron chi connectivity index (χ0n) is 25.7. The Bertz CT molecular complexity index is 2800. The largest absolute Gasteiger partial charge is 0.354 e. The van der Waals surface area contributed by atoms with E-state index in [0.717, 1.165) is 5.52 Å². The van der Waals surface area contributed by atoms with Crippen molar-refractivity contribution in [3.8, 4) is 33.4 Å². The molecule has 0 radical (unpaired) electrons. The first-order valence-corrected chi connectivity index (χ1v) is 16.3. The number of hydrogen-bond donors (Lipinski definition) is 1. The number of benzene rings is 9. The Hall–Kier alpha value is -6.18. The lowest BCUT2D eigenvalue weighted by Crippen LogP contribution is -1.91. The van der Waals surface area contributed by atoms with Crippen molar-refractivity contribution < 1.29 is 0 Å². The molecule has 1 heteroatoms. The van der Waals surface area contributed by atoms with Crippen LogP contribution in [-0.2, 0) is 0 Å². The standard InChI is InChI=1S/C46H29N/c1-2-11-30-24-34(21-20-29(30)10-1)31-14-9-15-35(25-31)45-38-16-5-7-18-40(38)46(41-19-8-6-17-39(41)45)36-22-23-37-42-26-32-12-3-4-13-33(32)27-44(42)47-43(37)28-36/h1-28,47H. The number of nitrogens with one attached hydrogen (secondary N) is 1. The smallest absolute Gasteiger partial charge is 0.0471 e. The molecule has 218 valence electrons. The Morgan fingerprint density at radius 1 is 0.255 bits per heavy atom. The van der Waals surface area contributed by atoms with Crippen LogP contribution < -0.4 is 0 Å². The molecule has 10 rings (SSSR count). The van der Waals surface area contributed by atoms with E-state index in [1.54, 1.807) is 0 Å². The van der Waals surface area contributed by atoms with Crippen molar-refractivity contribution in [3.05, 3.63) is 170 Å². The summed E-state index contributed by atoms with van der Waals surface area (Å²) in [6.45, 7) is 0. The van der Waals surface area contributed by atoms with E-state index in [1.807, 2.05) is 0 Å².